The summed E-state index contributed by atoms with van der Waals surface area (Å²) in [5, 5.41) is 0. The van der Waals surface area contributed by atoms with Crippen molar-refractivity contribution < 1.29 is 0 Å². The Labute approximate surface area is 71.9 Å². The van der Waals surface area contributed by atoms with Crippen LogP contribution in [0.3, 0.4) is 0 Å². The van der Waals surface area contributed by atoms with Crippen LogP contribution in [0.4, 0.5) is 0 Å². The molecule has 0 fully saturated rings. The molecular weight excluding hydrogens is 151 g/mol. The van der Waals surface area contributed by atoms with Gasteiger partial charge in [0.2, 0.25) is 0 Å². The highest BCUT2D eigenvalue weighted by molar-refractivity contribution is 7.42. The van der Waals surface area contributed by atoms with Gasteiger partial charge in [0.15, 0.2) is 0 Å². The van der Waals surface area contributed by atoms with E-state index in [4.69, 9.17) is 0 Å². The molecule has 3 atom stereocenters. The van der Waals surface area contributed by atoms with Crippen molar-refractivity contribution in [2.24, 2.45) is 5.92 Å². The Kier molecular flexibility index (Phi) is 6.16. The van der Waals surface area contributed by atoms with Crippen LogP contribution in [0.1, 0.15) is 13.8 Å². The molecule has 0 aliphatic heterocycles. The molecule has 62 valence electrons. The van der Waals surface area contributed by atoms with Crippen LogP contribution >= 0.6 is 8.58 Å². The van der Waals surface area contributed by atoms with E-state index in [2.05, 4.69) is 33.1 Å². The van der Waals surface area contributed by atoms with E-state index in [0.29, 0.717) is 11.6 Å². The van der Waals surface area contributed by atoms with Gasteiger partial charge < -0.3 is 0 Å². The molecule has 0 nitrogen and oxygen atoms in total. The van der Waals surface area contributed by atoms with Gasteiger partial charge in [-0.15, -0.1) is 0 Å². The smallest absolute Gasteiger partial charge is 0.0170 e. The van der Waals surface area contributed by atoms with Gasteiger partial charge in [0.1, 0.15) is 0 Å². The monoisotopic (exact) mass is 168 g/mol. The molecule has 0 aromatic rings. The van der Waals surface area contributed by atoms with Gasteiger partial charge in [0.05, 0.1) is 0 Å². The lowest BCUT2D eigenvalue weighted by molar-refractivity contribution is 0.714. The van der Waals surface area contributed by atoms with Gasteiger partial charge in [-0.05, 0) is 11.6 Å². The van der Waals surface area contributed by atoms with E-state index in [0.717, 1.165) is 8.58 Å². The molecule has 0 amide bonds. The van der Waals surface area contributed by atoms with E-state index < -0.39 is 0 Å². The predicted octanol–water partition coefficient (Wildman–Crippen LogP) is 3.58. The third-order valence-corrected chi connectivity index (χ3v) is 3.01. The van der Waals surface area contributed by atoms with Crippen molar-refractivity contribution in [3.05, 3.63) is 37.2 Å². The van der Waals surface area contributed by atoms with Crippen LogP contribution in [0.2, 0.25) is 0 Å². The predicted molar refractivity (Wildman–Crippen MR) is 56.5 cm³/mol. The van der Waals surface area contributed by atoms with Gasteiger partial charge in [-0.1, -0.05) is 59.6 Å². The second-order valence-electron chi connectivity index (χ2n) is 2.64. The fourth-order valence-corrected chi connectivity index (χ4v) is 1.54. The summed E-state index contributed by atoms with van der Waals surface area (Å²) in [5.74, 6) is 2.63. The fourth-order valence-electron chi connectivity index (χ4n) is 0.758. The van der Waals surface area contributed by atoms with Gasteiger partial charge in [-0.3, -0.25) is 0 Å². The molecular formula is C10H17P. The third kappa shape index (κ3) is 4.98. The molecule has 0 spiro atoms. The van der Waals surface area contributed by atoms with Crippen LogP contribution in [0.5, 0.6) is 0 Å². The largest absolute Gasteiger partial charge is 0.0991 e. The zero-order valence-corrected chi connectivity index (χ0v) is 8.38. The van der Waals surface area contributed by atoms with E-state index in [1.54, 1.807) is 0 Å². The summed E-state index contributed by atoms with van der Waals surface area (Å²) < 4.78 is 0. The van der Waals surface area contributed by atoms with Crippen LogP contribution in [-0.2, 0) is 0 Å². The SMILES string of the molecule is C=C/C=C\C(C)C(C)PC=C. The molecule has 1 heteroatoms. The molecule has 11 heavy (non-hydrogen) atoms. The number of allylic oxidation sites excluding steroid dienone is 3. The van der Waals surface area contributed by atoms with Crippen molar-refractivity contribution in [3.63, 3.8) is 0 Å². The molecule has 0 aromatic heterocycles. The Morgan fingerprint density at radius 3 is 2.36 bits per heavy atom. The molecule has 0 rings (SSSR count). The van der Waals surface area contributed by atoms with E-state index >= 15 is 0 Å². The van der Waals surface area contributed by atoms with Gasteiger partial charge in [-0.25, -0.2) is 0 Å². The van der Waals surface area contributed by atoms with Crippen LogP contribution in [0.25, 0.3) is 0 Å². The summed E-state index contributed by atoms with van der Waals surface area (Å²) in [6, 6.07) is 0. The van der Waals surface area contributed by atoms with Crippen LogP contribution < -0.4 is 0 Å². The van der Waals surface area contributed by atoms with Gasteiger partial charge >= 0.3 is 0 Å². The summed E-state index contributed by atoms with van der Waals surface area (Å²) in [7, 11) is 0.859. The van der Waals surface area contributed by atoms with Gasteiger partial charge in [0, 0.05) is 0 Å². The van der Waals surface area contributed by atoms with Crippen LogP contribution in [-0.4, -0.2) is 5.66 Å². The Morgan fingerprint density at radius 2 is 1.91 bits per heavy atom. The normalized spacial score (nSPS) is 17.3. The van der Waals surface area contributed by atoms with Crippen molar-refractivity contribution in [2.45, 2.75) is 19.5 Å². The highest BCUT2D eigenvalue weighted by Crippen LogP contribution is 2.26. The second kappa shape index (κ2) is 6.37. The van der Waals surface area contributed by atoms with E-state index in [9.17, 15) is 0 Å². The lowest BCUT2D eigenvalue weighted by atomic mass is 10.1. The minimum Gasteiger partial charge on any atom is -0.0991 e. The number of rotatable bonds is 5. The van der Waals surface area contributed by atoms with Gasteiger partial charge in [-0.2, -0.15) is 0 Å². The van der Waals surface area contributed by atoms with Crippen molar-refractivity contribution in [3.8, 4) is 0 Å². The summed E-state index contributed by atoms with van der Waals surface area (Å²) in [5.41, 5.74) is 0.712. The Bertz CT molecular complexity index is 147. The lowest BCUT2D eigenvalue weighted by Crippen LogP contribution is -2.03. The molecule has 0 heterocycles. The van der Waals surface area contributed by atoms with Crippen LogP contribution in [0, 0.1) is 5.92 Å². The van der Waals surface area contributed by atoms with E-state index in [1.165, 1.54) is 0 Å². The van der Waals surface area contributed by atoms with Crippen molar-refractivity contribution >= 4 is 8.58 Å². The first kappa shape index (κ1) is 10.7. The van der Waals surface area contributed by atoms with E-state index in [1.807, 2.05) is 18.0 Å². The third-order valence-electron chi connectivity index (χ3n) is 1.72. The quantitative estimate of drug-likeness (QED) is 0.435. The lowest BCUT2D eigenvalue weighted by Gasteiger charge is -2.13. The molecule has 0 saturated heterocycles. The molecule has 0 aromatic carbocycles. The van der Waals surface area contributed by atoms with Gasteiger partial charge in [0.25, 0.3) is 0 Å². The maximum absolute atomic E-state index is 3.73. The summed E-state index contributed by atoms with van der Waals surface area (Å²) in [4.78, 5) is 0. The zero-order chi connectivity index (χ0) is 8.69. The minimum atomic E-state index is 0.629. The Hall–Kier alpha value is -0.350. The Morgan fingerprint density at radius 1 is 1.27 bits per heavy atom. The average molecular weight is 168 g/mol. The minimum absolute atomic E-state index is 0.629. The molecule has 0 saturated carbocycles. The maximum Gasteiger partial charge on any atom is -0.0170 e. The van der Waals surface area contributed by atoms with Crippen molar-refractivity contribution in [1.29, 1.82) is 0 Å². The van der Waals surface area contributed by atoms with Crippen LogP contribution in [0.15, 0.2) is 37.2 Å². The first-order valence-corrected chi connectivity index (χ1v) is 5.04. The fraction of sp³-hybridized carbons (Fsp3) is 0.400. The highest BCUT2D eigenvalue weighted by Gasteiger charge is 2.05. The summed E-state index contributed by atoms with van der Waals surface area (Å²) in [6.45, 7) is 11.8. The zero-order valence-electron chi connectivity index (χ0n) is 7.38. The number of hydrogen-bond acceptors (Lipinski definition) is 0. The van der Waals surface area contributed by atoms with E-state index in [-0.39, 0.29) is 0 Å². The second-order valence-corrected chi connectivity index (χ2v) is 4.29. The first-order valence-electron chi connectivity index (χ1n) is 3.88. The molecule has 0 aliphatic carbocycles. The molecule has 3 unspecified atom stereocenters. The molecule has 0 aliphatic rings. The highest BCUT2D eigenvalue weighted by atomic mass is 31.1. The average Bonchev–Trinajstić information content (AvgIpc) is 2.00. The standard InChI is InChI=1S/C10H17P/c1-5-7-8-9(3)10(4)11-6-2/h5-11H,1-2H2,3-4H3/b8-7-. The topological polar surface area (TPSA) is 0 Å². The first-order chi connectivity index (χ1) is 5.22. The van der Waals surface area contributed by atoms with Crippen molar-refractivity contribution in [2.75, 3.05) is 0 Å². The molecule has 0 radical (unpaired) electrons. The maximum atomic E-state index is 3.73. The molecule has 0 bridgehead atoms. The van der Waals surface area contributed by atoms with Crippen molar-refractivity contribution in [1.82, 2.24) is 0 Å². The summed E-state index contributed by atoms with van der Waals surface area (Å²) >= 11 is 0. The molecule has 0 N–H and O–H groups in total. The summed E-state index contributed by atoms with van der Waals surface area (Å²) in [6.07, 6.45) is 6.02. The Balaban J connectivity index is 3.79. The number of hydrogen-bond donors (Lipinski definition) is 0.